The van der Waals surface area contributed by atoms with Crippen LogP contribution < -0.4 is 10.1 Å². The van der Waals surface area contributed by atoms with Crippen molar-refractivity contribution < 1.29 is 22.7 Å². The number of Topliss-reactive ketones (excluding diaryl/α,β-unsaturated/α-hetero) is 1. The van der Waals surface area contributed by atoms with Crippen LogP contribution in [0.1, 0.15) is 13.3 Å². The van der Waals surface area contributed by atoms with Gasteiger partial charge in [-0.05, 0) is 31.2 Å². The molecule has 0 fully saturated rings. The van der Waals surface area contributed by atoms with Gasteiger partial charge in [0.25, 0.3) is 0 Å². The molecular formula is C13H12F3N3O2S2. The highest BCUT2D eigenvalue weighted by Gasteiger charge is 2.30. The Morgan fingerprint density at radius 2 is 2.00 bits per heavy atom. The minimum atomic E-state index is -4.71. The fourth-order valence-corrected chi connectivity index (χ4v) is 3.35. The topological polar surface area (TPSA) is 64.1 Å². The van der Waals surface area contributed by atoms with Crippen LogP contribution in [0.25, 0.3) is 0 Å². The van der Waals surface area contributed by atoms with E-state index in [-0.39, 0.29) is 11.5 Å². The molecule has 0 radical (unpaired) electrons. The first kappa shape index (κ1) is 17.5. The maximum atomic E-state index is 12.1. The van der Waals surface area contributed by atoms with Crippen LogP contribution in [0.2, 0.25) is 0 Å². The van der Waals surface area contributed by atoms with Crippen molar-refractivity contribution in [3.63, 3.8) is 0 Å². The highest BCUT2D eigenvalue weighted by Crippen LogP contribution is 2.29. The zero-order valence-electron chi connectivity index (χ0n) is 11.9. The molecule has 1 heterocycles. The van der Waals surface area contributed by atoms with Crippen LogP contribution in [0.4, 0.5) is 24.0 Å². The van der Waals surface area contributed by atoms with Gasteiger partial charge in [-0.3, -0.25) is 4.79 Å². The summed E-state index contributed by atoms with van der Waals surface area (Å²) in [6.45, 7) is 1.53. The molecule has 0 amide bonds. The van der Waals surface area contributed by atoms with Crippen molar-refractivity contribution in [3.05, 3.63) is 24.3 Å². The number of alkyl halides is 3. The zero-order valence-corrected chi connectivity index (χ0v) is 13.5. The molecule has 0 unspecified atom stereocenters. The maximum absolute atomic E-state index is 12.1. The zero-order chi connectivity index (χ0) is 16.9. The number of nitrogens with zero attached hydrogens (tertiary/aromatic N) is 2. The first-order valence-corrected chi connectivity index (χ1v) is 8.20. The predicted octanol–water partition coefficient (Wildman–Crippen LogP) is 4.25. The van der Waals surface area contributed by atoms with E-state index in [1.165, 1.54) is 54.3 Å². The monoisotopic (exact) mass is 363 g/mol. The number of aromatic nitrogens is 2. The summed E-state index contributed by atoms with van der Waals surface area (Å²) in [6.07, 6.45) is -4.24. The summed E-state index contributed by atoms with van der Waals surface area (Å²) < 4.78 is 40.7. The summed E-state index contributed by atoms with van der Waals surface area (Å²) in [6, 6.07) is 5.31. The van der Waals surface area contributed by atoms with Crippen LogP contribution in [-0.2, 0) is 4.79 Å². The third-order valence-electron chi connectivity index (χ3n) is 2.43. The molecule has 1 N–H and O–H groups in total. The summed E-state index contributed by atoms with van der Waals surface area (Å²) >= 11 is 2.73. The lowest BCUT2D eigenvalue weighted by Crippen LogP contribution is -2.16. The standard InChI is InChI=1S/C13H12F3N3O2S2/c1-8(20)6-7-22-12-19-18-11(23-12)17-9-2-4-10(5-3-9)21-13(14,15)16/h2-5H,6-7H2,1H3,(H,17,18). The Kier molecular flexibility index (Phi) is 5.83. The van der Waals surface area contributed by atoms with Crippen molar-refractivity contribution in [2.75, 3.05) is 11.1 Å². The first-order valence-electron chi connectivity index (χ1n) is 6.40. The number of halogens is 3. The number of carbonyl (C=O) groups is 1. The Labute approximate surface area is 138 Å². The smallest absolute Gasteiger partial charge is 0.406 e. The van der Waals surface area contributed by atoms with Gasteiger partial charge in [0.05, 0.1) is 0 Å². The van der Waals surface area contributed by atoms with Crippen LogP contribution in [-0.4, -0.2) is 28.1 Å². The van der Waals surface area contributed by atoms with Crippen LogP contribution in [0.15, 0.2) is 28.6 Å². The van der Waals surface area contributed by atoms with Gasteiger partial charge in [-0.15, -0.1) is 23.4 Å². The number of benzene rings is 1. The molecular weight excluding hydrogens is 351 g/mol. The second kappa shape index (κ2) is 7.64. The first-order chi connectivity index (χ1) is 10.8. The highest BCUT2D eigenvalue weighted by molar-refractivity contribution is 8.01. The Balaban J connectivity index is 1.89. The third kappa shape index (κ3) is 6.45. The van der Waals surface area contributed by atoms with Crippen molar-refractivity contribution in [2.24, 2.45) is 0 Å². The van der Waals surface area contributed by atoms with Crippen LogP contribution in [0.5, 0.6) is 5.75 Å². The number of hydrogen-bond donors (Lipinski definition) is 1. The molecule has 0 aliphatic rings. The molecule has 0 aliphatic heterocycles. The quantitative estimate of drug-likeness (QED) is 0.742. The van der Waals surface area contributed by atoms with E-state index in [0.717, 1.165) is 0 Å². The molecule has 10 heteroatoms. The molecule has 2 aromatic rings. The minimum Gasteiger partial charge on any atom is -0.406 e. The van der Waals surface area contributed by atoms with Gasteiger partial charge in [0.2, 0.25) is 5.13 Å². The molecule has 5 nitrogen and oxygen atoms in total. The summed E-state index contributed by atoms with van der Waals surface area (Å²) in [7, 11) is 0. The molecule has 23 heavy (non-hydrogen) atoms. The molecule has 0 spiro atoms. The number of ketones is 1. The second-order valence-corrected chi connectivity index (χ2v) is 6.69. The molecule has 0 saturated carbocycles. The van der Waals surface area contributed by atoms with E-state index in [2.05, 4.69) is 20.3 Å². The largest absolute Gasteiger partial charge is 0.573 e. The van der Waals surface area contributed by atoms with Crippen molar-refractivity contribution in [2.45, 2.75) is 24.0 Å². The predicted molar refractivity (Wildman–Crippen MR) is 82.3 cm³/mol. The molecule has 1 aromatic heterocycles. The average Bonchev–Trinajstić information content (AvgIpc) is 2.86. The Hall–Kier alpha value is -1.81. The summed E-state index contributed by atoms with van der Waals surface area (Å²) in [5.41, 5.74) is 0.566. The molecule has 0 saturated heterocycles. The van der Waals surface area contributed by atoms with Gasteiger partial charge in [-0.2, -0.15) is 0 Å². The lowest BCUT2D eigenvalue weighted by molar-refractivity contribution is -0.274. The van der Waals surface area contributed by atoms with Gasteiger partial charge in [0.15, 0.2) is 4.34 Å². The van der Waals surface area contributed by atoms with E-state index >= 15 is 0 Å². The van der Waals surface area contributed by atoms with E-state index in [1.807, 2.05) is 0 Å². The van der Waals surface area contributed by atoms with E-state index in [0.29, 0.717) is 27.3 Å². The van der Waals surface area contributed by atoms with E-state index in [4.69, 9.17) is 0 Å². The molecule has 0 atom stereocenters. The van der Waals surface area contributed by atoms with Gasteiger partial charge in [0, 0.05) is 17.9 Å². The Morgan fingerprint density at radius 1 is 1.30 bits per heavy atom. The fourth-order valence-electron chi connectivity index (χ4n) is 1.46. The number of thioether (sulfide) groups is 1. The molecule has 0 aliphatic carbocycles. The molecule has 1 aromatic carbocycles. The van der Waals surface area contributed by atoms with Gasteiger partial charge >= 0.3 is 6.36 Å². The number of ether oxygens (including phenoxy) is 1. The summed E-state index contributed by atoms with van der Waals surface area (Å²) in [5, 5.41) is 11.3. The molecule has 2 rings (SSSR count). The Morgan fingerprint density at radius 3 is 2.61 bits per heavy atom. The number of nitrogens with one attached hydrogen (secondary N) is 1. The molecule has 0 bridgehead atoms. The lowest BCUT2D eigenvalue weighted by Gasteiger charge is -2.09. The Bertz CT molecular complexity index is 659. The number of hydrogen-bond acceptors (Lipinski definition) is 7. The lowest BCUT2D eigenvalue weighted by atomic mass is 10.3. The average molecular weight is 363 g/mol. The highest BCUT2D eigenvalue weighted by atomic mass is 32.2. The van der Waals surface area contributed by atoms with E-state index in [1.54, 1.807) is 0 Å². The van der Waals surface area contributed by atoms with Crippen molar-refractivity contribution in [1.82, 2.24) is 10.2 Å². The maximum Gasteiger partial charge on any atom is 0.573 e. The second-order valence-electron chi connectivity index (χ2n) is 4.37. The number of rotatable bonds is 7. The van der Waals surface area contributed by atoms with Crippen molar-refractivity contribution >= 4 is 39.7 Å². The summed E-state index contributed by atoms with van der Waals surface area (Å²) in [4.78, 5) is 10.9. The van der Waals surface area contributed by atoms with Crippen molar-refractivity contribution in [1.29, 1.82) is 0 Å². The van der Waals surface area contributed by atoms with Gasteiger partial charge in [-0.1, -0.05) is 23.1 Å². The van der Waals surface area contributed by atoms with Crippen LogP contribution in [0.3, 0.4) is 0 Å². The van der Waals surface area contributed by atoms with E-state index < -0.39 is 6.36 Å². The third-order valence-corrected chi connectivity index (χ3v) is 4.40. The fraction of sp³-hybridized carbons (Fsp3) is 0.308. The summed E-state index contributed by atoms with van der Waals surface area (Å²) in [5.74, 6) is 0.454. The normalized spacial score (nSPS) is 11.3. The van der Waals surface area contributed by atoms with Gasteiger partial charge < -0.3 is 10.1 Å². The number of carbonyl (C=O) groups excluding carboxylic acids is 1. The van der Waals surface area contributed by atoms with Crippen LogP contribution in [0, 0.1) is 0 Å². The SMILES string of the molecule is CC(=O)CCSc1nnc(Nc2ccc(OC(F)(F)F)cc2)s1. The van der Waals surface area contributed by atoms with Gasteiger partial charge in [0.1, 0.15) is 11.5 Å². The van der Waals surface area contributed by atoms with Gasteiger partial charge in [-0.25, -0.2) is 0 Å². The minimum absolute atomic E-state index is 0.113. The molecule has 124 valence electrons. The van der Waals surface area contributed by atoms with Crippen LogP contribution >= 0.6 is 23.1 Å². The van der Waals surface area contributed by atoms with Crippen molar-refractivity contribution in [3.8, 4) is 5.75 Å². The number of anilines is 2. The van der Waals surface area contributed by atoms with E-state index in [9.17, 15) is 18.0 Å².